The molecule has 0 radical (unpaired) electrons. The van der Waals surface area contributed by atoms with Crippen molar-refractivity contribution in [3.05, 3.63) is 63.6 Å². The lowest BCUT2D eigenvalue weighted by Crippen LogP contribution is -2.50. The van der Waals surface area contributed by atoms with Gasteiger partial charge >= 0.3 is 0 Å². The minimum atomic E-state index is -0.0401. The lowest BCUT2D eigenvalue weighted by atomic mass is 10.1. The molecule has 1 aliphatic heterocycles. The lowest BCUT2D eigenvalue weighted by molar-refractivity contribution is -0.127. The average Bonchev–Trinajstić information content (AvgIpc) is 2.75. The molecule has 1 heterocycles. The van der Waals surface area contributed by atoms with E-state index in [4.69, 9.17) is 4.74 Å². The van der Waals surface area contributed by atoms with E-state index in [1.165, 1.54) is 0 Å². The molecule has 0 bridgehead atoms. The van der Waals surface area contributed by atoms with Gasteiger partial charge in [-0.1, -0.05) is 34.1 Å². The minimum absolute atomic E-state index is 0.0289. The molecule has 6 nitrogen and oxygen atoms in total. The molecule has 2 amide bonds. The first-order valence-electron chi connectivity index (χ1n) is 10.3. The van der Waals surface area contributed by atoms with Crippen LogP contribution in [0, 0.1) is 13.8 Å². The fourth-order valence-corrected chi connectivity index (χ4v) is 4.00. The molecule has 1 fully saturated rings. The number of hydrogen-bond acceptors (Lipinski definition) is 4. The Labute approximate surface area is 192 Å². The van der Waals surface area contributed by atoms with Crippen LogP contribution in [-0.2, 0) is 9.59 Å². The van der Waals surface area contributed by atoms with Crippen molar-refractivity contribution in [1.82, 2.24) is 9.80 Å². The normalized spacial score (nSPS) is 14.6. The number of hydrogen-bond donors (Lipinski definition) is 1. The minimum Gasteiger partial charge on any atom is -0.496 e. The Morgan fingerprint density at radius 2 is 1.77 bits per heavy atom. The summed E-state index contributed by atoms with van der Waals surface area (Å²) < 4.78 is 6.27. The summed E-state index contributed by atoms with van der Waals surface area (Å²) in [5, 5.41) is 3.03. The molecule has 2 aromatic rings. The van der Waals surface area contributed by atoms with Crippen LogP contribution >= 0.6 is 15.9 Å². The third kappa shape index (κ3) is 6.18. The zero-order valence-corrected chi connectivity index (χ0v) is 19.7. The number of amides is 2. The monoisotopic (exact) mass is 485 g/mol. The molecule has 3 rings (SSSR count). The maximum absolute atomic E-state index is 12.6. The number of carbonyl (C=O) groups is 2. The Morgan fingerprint density at radius 1 is 1.10 bits per heavy atom. The lowest BCUT2D eigenvalue weighted by Gasteiger charge is -2.33. The van der Waals surface area contributed by atoms with Gasteiger partial charge in [0, 0.05) is 48.0 Å². The first-order chi connectivity index (χ1) is 14.9. The highest BCUT2D eigenvalue weighted by Crippen LogP contribution is 2.24. The molecule has 0 aliphatic carbocycles. The van der Waals surface area contributed by atoms with Gasteiger partial charge in [0.05, 0.1) is 13.7 Å². The van der Waals surface area contributed by atoms with Crippen molar-refractivity contribution in [2.24, 2.45) is 0 Å². The van der Waals surface area contributed by atoms with Crippen LogP contribution in [0.25, 0.3) is 6.08 Å². The molecule has 0 spiro atoms. The van der Waals surface area contributed by atoms with E-state index in [2.05, 4.69) is 26.1 Å². The number of carbonyl (C=O) groups excluding carboxylic acids is 2. The third-order valence-corrected chi connectivity index (χ3v) is 5.89. The first-order valence-corrected chi connectivity index (χ1v) is 11.1. The van der Waals surface area contributed by atoms with E-state index < -0.39 is 0 Å². The maximum Gasteiger partial charge on any atom is 0.246 e. The predicted octanol–water partition coefficient (Wildman–Crippen LogP) is 3.87. The Kier molecular flexibility index (Phi) is 7.87. The van der Waals surface area contributed by atoms with Crippen molar-refractivity contribution in [3.63, 3.8) is 0 Å². The van der Waals surface area contributed by atoms with Gasteiger partial charge in [-0.15, -0.1) is 0 Å². The van der Waals surface area contributed by atoms with Gasteiger partial charge in [-0.05, 0) is 49.2 Å². The van der Waals surface area contributed by atoms with Crippen molar-refractivity contribution in [3.8, 4) is 5.75 Å². The molecule has 1 N–H and O–H groups in total. The van der Waals surface area contributed by atoms with E-state index in [1.54, 1.807) is 24.2 Å². The smallest absolute Gasteiger partial charge is 0.246 e. The SMILES string of the molecule is COc1ccc(Br)cc1/C=C/C(=O)N1CCN(CC(=O)Nc2c(C)cccc2C)CC1. The van der Waals surface area contributed by atoms with Crippen LogP contribution in [0.15, 0.2) is 46.9 Å². The van der Waals surface area contributed by atoms with Crippen LogP contribution in [0.2, 0.25) is 0 Å². The highest BCUT2D eigenvalue weighted by Gasteiger charge is 2.21. The molecule has 2 aromatic carbocycles. The Balaban J connectivity index is 1.50. The zero-order chi connectivity index (χ0) is 22.4. The summed E-state index contributed by atoms with van der Waals surface area (Å²) in [4.78, 5) is 29.0. The number of nitrogens with zero attached hydrogens (tertiary/aromatic N) is 2. The third-order valence-electron chi connectivity index (χ3n) is 5.39. The summed E-state index contributed by atoms with van der Waals surface area (Å²) in [5.41, 5.74) is 3.83. The first kappa shape index (κ1) is 23.0. The van der Waals surface area contributed by atoms with E-state index in [1.807, 2.05) is 50.2 Å². The number of benzene rings is 2. The summed E-state index contributed by atoms with van der Waals surface area (Å²) in [7, 11) is 1.61. The fraction of sp³-hybridized carbons (Fsp3) is 0.333. The van der Waals surface area contributed by atoms with Crippen LogP contribution in [0.4, 0.5) is 5.69 Å². The number of nitrogens with one attached hydrogen (secondary N) is 1. The summed E-state index contributed by atoms with van der Waals surface area (Å²) in [6.07, 6.45) is 3.35. The number of methoxy groups -OCH3 is 1. The van der Waals surface area contributed by atoms with Crippen molar-refractivity contribution >= 4 is 39.5 Å². The second-order valence-corrected chi connectivity index (χ2v) is 8.55. The number of aryl methyl sites for hydroxylation is 2. The molecule has 164 valence electrons. The highest BCUT2D eigenvalue weighted by atomic mass is 79.9. The van der Waals surface area contributed by atoms with Crippen LogP contribution in [0.5, 0.6) is 5.75 Å². The summed E-state index contributed by atoms with van der Waals surface area (Å²) in [6.45, 7) is 6.82. The summed E-state index contributed by atoms with van der Waals surface area (Å²) in [6, 6.07) is 11.6. The number of piperazine rings is 1. The van der Waals surface area contributed by atoms with Gasteiger partial charge in [-0.3, -0.25) is 14.5 Å². The number of anilines is 1. The topological polar surface area (TPSA) is 61.9 Å². The van der Waals surface area contributed by atoms with E-state index >= 15 is 0 Å². The molecule has 1 aliphatic rings. The van der Waals surface area contributed by atoms with Crippen molar-refractivity contribution in [1.29, 1.82) is 0 Å². The van der Waals surface area contributed by atoms with Crippen molar-refractivity contribution in [2.45, 2.75) is 13.8 Å². The van der Waals surface area contributed by atoms with Gasteiger partial charge < -0.3 is 15.0 Å². The molecule has 0 unspecified atom stereocenters. The largest absolute Gasteiger partial charge is 0.496 e. The molecule has 31 heavy (non-hydrogen) atoms. The molecular formula is C24H28BrN3O3. The molecule has 0 aromatic heterocycles. The van der Waals surface area contributed by atoms with E-state index in [0.29, 0.717) is 38.5 Å². The number of ether oxygens (including phenoxy) is 1. The summed E-state index contributed by atoms with van der Waals surface area (Å²) >= 11 is 3.44. The fourth-order valence-electron chi connectivity index (χ4n) is 3.62. The number of rotatable bonds is 6. The van der Waals surface area contributed by atoms with Crippen molar-refractivity contribution < 1.29 is 14.3 Å². The predicted molar refractivity (Wildman–Crippen MR) is 127 cm³/mol. The maximum atomic E-state index is 12.6. The van der Waals surface area contributed by atoms with Gasteiger partial charge in [0.25, 0.3) is 0 Å². The Bertz CT molecular complexity index is 962. The van der Waals surface area contributed by atoms with Crippen LogP contribution in [0.1, 0.15) is 16.7 Å². The quantitative estimate of drug-likeness (QED) is 0.630. The molecular weight excluding hydrogens is 458 g/mol. The van der Waals surface area contributed by atoms with E-state index in [-0.39, 0.29) is 11.8 Å². The molecule has 0 saturated carbocycles. The van der Waals surface area contributed by atoms with Gasteiger partial charge in [0.1, 0.15) is 5.75 Å². The van der Waals surface area contributed by atoms with E-state index in [9.17, 15) is 9.59 Å². The number of halogens is 1. The Hall–Kier alpha value is -2.64. The molecule has 1 saturated heterocycles. The van der Waals surface area contributed by atoms with Gasteiger partial charge in [0.2, 0.25) is 11.8 Å². The van der Waals surface area contributed by atoms with Crippen molar-refractivity contribution in [2.75, 3.05) is 45.2 Å². The molecule has 7 heteroatoms. The second kappa shape index (κ2) is 10.6. The summed E-state index contributed by atoms with van der Waals surface area (Å²) in [5.74, 6) is 0.646. The van der Waals surface area contributed by atoms with Crippen LogP contribution in [-0.4, -0.2) is 61.4 Å². The van der Waals surface area contributed by atoms with Crippen LogP contribution < -0.4 is 10.1 Å². The van der Waals surface area contributed by atoms with Gasteiger partial charge in [0.15, 0.2) is 0 Å². The number of para-hydroxylation sites is 1. The zero-order valence-electron chi connectivity index (χ0n) is 18.2. The average molecular weight is 486 g/mol. The van der Waals surface area contributed by atoms with Crippen LogP contribution in [0.3, 0.4) is 0 Å². The van der Waals surface area contributed by atoms with Gasteiger partial charge in [-0.25, -0.2) is 0 Å². The second-order valence-electron chi connectivity index (χ2n) is 7.64. The Morgan fingerprint density at radius 3 is 2.42 bits per heavy atom. The van der Waals surface area contributed by atoms with Gasteiger partial charge in [-0.2, -0.15) is 0 Å². The van der Waals surface area contributed by atoms with E-state index in [0.717, 1.165) is 26.9 Å². The standard InChI is InChI=1S/C24H28BrN3O3/c1-17-5-4-6-18(2)24(17)26-22(29)16-27-11-13-28(14-12-27)23(30)10-7-19-15-20(25)8-9-21(19)31-3/h4-10,15H,11-14,16H2,1-3H3,(H,26,29)/b10-7+. The highest BCUT2D eigenvalue weighted by molar-refractivity contribution is 9.10. The molecule has 0 atom stereocenters.